The smallest absolute Gasteiger partial charge is 0.335 e. The fourth-order valence-electron chi connectivity index (χ4n) is 2.40. The molecule has 1 aromatic carbocycles. The van der Waals surface area contributed by atoms with E-state index in [1.54, 1.807) is 11.8 Å². The molecule has 0 saturated carbocycles. The molecule has 20 heavy (non-hydrogen) atoms. The summed E-state index contributed by atoms with van der Waals surface area (Å²) in [4.78, 5) is 12.3. The van der Waals surface area contributed by atoms with E-state index in [0.717, 1.165) is 25.0 Å². The van der Waals surface area contributed by atoms with Gasteiger partial charge in [0.15, 0.2) is 0 Å². The zero-order valence-corrected chi connectivity index (χ0v) is 11.2. The Kier molecular flexibility index (Phi) is 4.54. The fraction of sp³-hybridized carbons (Fsp3) is 0.500. The van der Waals surface area contributed by atoms with E-state index in [-0.39, 0.29) is 11.8 Å². The van der Waals surface area contributed by atoms with Crippen LogP contribution >= 0.6 is 0 Å². The Bertz CT molecular complexity index is 478. The molecule has 0 aliphatic carbocycles. The summed E-state index contributed by atoms with van der Waals surface area (Å²) in [5.74, 6) is -3.07. The van der Waals surface area contributed by atoms with E-state index in [0.29, 0.717) is 19.7 Å². The Morgan fingerprint density at radius 3 is 2.55 bits per heavy atom. The first-order chi connectivity index (χ1) is 9.52. The van der Waals surface area contributed by atoms with Gasteiger partial charge in [0, 0.05) is 19.7 Å². The van der Waals surface area contributed by atoms with Crippen LogP contribution in [0.4, 0.5) is 14.5 Å². The van der Waals surface area contributed by atoms with Crippen molar-refractivity contribution in [2.45, 2.75) is 25.9 Å². The van der Waals surface area contributed by atoms with Gasteiger partial charge in [-0.3, -0.25) is 0 Å². The summed E-state index contributed by atoms with van der Waals surface area (Å²) in [6.45, 7) is 3.28. The molecule has 1 atom stereocenters. The standard InChI is InChI=1S/C14H17F2NO3/c1-2-17(8-10-4-3-5-20-10)13-11(15)6-9(14(18)19)7-12(13)16/h6-7,10H,2-5,8H2,1H3,(H,18,19). The molecule has 4 nitrogen and oxygen atoms in total. The first kappa shape index (κ1) is 14.7. The topological polar surface area (TPSA) is 49.8 Å². The molecule has 6 heteroatoms. The zero-order chi connectivity index (χ0) is 14.7. The Morgan fingerprint density at radius 1 is 1.45 bits per heavy atom. The minimum absolute atomic E-state index is 0.0344. The summed E-state index contributed by atoms with van der Waals surface area (Å²) in [6.07, 6.45) is 1.78. The van der Waals surface area contributed by atoms with Crippen LogP contribution in [0.1, 0.15) is 30.1 Å². The lowest BCUT2D eigenvalue weighted by atomic mass is 10.1. The SMILES string of the molecule is CCN(CC1CCCO1)c1c(F)cc(C(=O)O)cc1F. The predicted molar refractivity (Wildman–Crippen MR) is 70.2 cm³/mol. The first-order valence-electron chi connectivity index (χ1n) is 6.61. The van der Waals surface area contributed by atoms with Gasteiger partial charge in [0.2, 0.25) is 0 Å². The number of likely N-dealkylation sites (N-methyl/N-ethyl adjacent to an activating group) is 1. The average Bonchev–Trinajstić information content (AvgIpc) is 2.89. The number of rotatable bonds is 5. The molecule has 1 N–H and O–H groups in total. The summed E-state index contributed by atoms with van der Waals surface area (Å²) >= 11 is 0. The minimum atomic E-state index is -1.35. The van der Waals surface area contributed by atoms with Crippen molar-refractivity contribution < 1.29 is 23.4 Å². The van der Waals surface area contributed by atoms with E-state index in [2.05, 4.69) is 0 Å². The van der Waals surface area contributed by atoms with Gasteiger partial charge in [-0.05, 0) is 31.9 Å². The Labute approximate surface area is 116 Å². The largest absolute Gasteiger partial charge is 0.478 e. The number of halogens is 2. The van der Waals surface area contributed by atoms with Crippen molar-refractivity contribution in [2.75, 3.05) is 24.6 Å². The van der Waals surface area contributed by atoms with Gasteiger partial charge in [-0.15, -0.1) is 0 Å². The van der Waals surface area contributed by atoms with Crippen LogP contribution in [0, 0.1) is 11.6 Å². The third kappa shape index (κ3) is 3.07. The number of carboxylic acids is 1. The Balaban J connectivity index is 2.26. The van der Waals surface area contributed by atoms with Crippen molar-refractivity contribution in [2.24, 2.45) is 0 Å². The highest BCUT2D eigenvalue weighted by Gasteiger charge is 2.23. The maximum atomic E-state index is 14.0. The van der Waals surface area contributed by atoms with Crippen molar-refractivity contribution in [3.05, 3.63) is 29.3 Å². The van der Waals surface area contributed by atoms with Gasteiger partial charge >= 0.3 is 5.97 Å². The van der Waals surface area contributed by atoms with Crippen LogP contribution in [0.5, 0.6) is 0 Å². The molecule has 0 radical (unpaired) electrons. The Morgan fingerprint density at radius 2 is 2.10 bits per heavy atom. The van der Waals surface area contributed by atoms with Gasteiger partial charge in [0.05, 0.1) is 11.7 Å². The maximum absolute atomic E-state index is 14.0. The van der Waals surface area contributed by atoms with E-state index in [9.17, 15) is 13.6 Å². The van der Waals surface area contributed by atoms with Gasteiger partial charge in [-0.1, -0.05) is 0 Å². The lowest BCUT2D eigenvalue weighted by Gasteiger charge is -2.26. The van der Waals surface area contributed by atoms with E-state index in [1.807, 2.05) is 0 Å². The summed E-state index contributed by atoms with van der Waals surface area (Å²) in [5, 5.41) is 8.78. The molecular formula is C14H17F2NO3. The van der Waals surface area contributed by atoms with Gasteiger partial charge in [-0.25, -0.2) is 13.6 Å². The van der Waals surface area contributed by atoms with Crippen molar-refractivity contribution >= 4 is 11.7 Å². The van der Waals surface area contributed by atoms with Crippen molar-refractivity contribution in [1.29, 1.82) is 0 Å². The zero-order valence-electron chi connectivity index (χ0n) is 11.2. The summed E-state index contributed by atoms with van der Waals surface area (Å²) in [7, 11) is 0. The summed E-state index contributed by atoms with van der Waals surface area (Å²) in [6, 6.07) is 1.69. The van der Waals surface area contributed by atoms with Crippen molar-refractivity contribution in [3.8, 4) is 0 Å². The molecule has 1 fully saturated rings. The first-order valence-corrected chi connectivity index (χ1v) is 6.61. The third-order valence-corrected chi connectivity index (χ3v) is 3.41. The number of hydrogen-bond acceptors (Lipinski definition) is 3. The molecule has 0 bridgehead atoms. The molecular weight excluding hydrogens is 268 g/mol. The lowest BCUT2D eigenvalue weighted by molar-refractivity contribution is 0.0695. The van der Waals surface area contributed by atoms with Crippen LogP contribution in [-0.2, 0) is 4.74 Å². The molecule has 0 spiro atoms. The molecule has 1 heterocycles. The van der Waals surface area contributed by atoms with E-state index >= 15 is 0 Å². The quantitative estimate of drug-likeness (QED) is 0.903. The molecule has 1 aromatic rings. The average molecular weight is 285 g/mol. The molecule has 2 rings (SSSR count). The van der Waals surface area contributed by atoms with E-state index < -0.39 is 23.2 Å². The van der Waals surface area contributed by atoms with E-state index in [4.69, 9.17) is 9.84 Å². The molecule has 1 saturated heterocycles. The van der Waals surface area contributed by atoms with Gasteiger partial charge in [-0.2, -0.15) is 0 Å². The fourth-order valence-corrected chi connectivity index (χ4v) is 2.40. The van der Waals surface area contributed by atoms with Gasteiger partial charge < -0.3 is 14.7 Å². The molecule has 110 valence electrons. The highest BCUT2D eigenvalue weighted by molar-refractivity contribution is 5.88. The van der Waals surface area contributed by atoms with Crippen LogP contribution in [0.25, 0.3) is 0 Å². The summed E-state index contributed by atoms with van der Waals surface area (Å²) in [5.41, 5.74) is -0.579. The molecule has 1 aliphatic heterocycles. The van der Waals surface area contributed by atoms with Crippen molar-refractivity contribution in [3.63, 3.8) is 0 Å². The highest BCUT2D eigenvalue weighted by Crippen LogP contribution is 2.26. The Hall–Kier alpha value is -1.69. The molecule has 0 aromatic heterocycles. The second-order valence-corrected chi connectivity index (χ2v) is 4.77. The number of carbonyl (C=O) groups is 1. The number of ether oxygens (including phenoxy) is 1. The minimum Gasteiger partial charge on any atom is -0.478 e. The maximum Gasteiger partial charge on any atom is 0.335 e. The molecule has 0 amide bonds. The number of aromatic carboxylic acids is 1. The number of nitrogens with zero attached hydrogens (tertiary/aromatic N) is 1. The number of anilines is 1. The second kappa shape index (κ2) is 6.17. The van der Waals surface area contributed by atoms with Crippen LogP contribution in [-0.4, -0.2) is 36.9 Å². The van der Waals surface area contributed by atoms with Gasteiger partial charge in [0.1, 0.15) is 17.3 Å². The second-order valence-electron chi connectivity index (χ2n) is 4.77. The van der Waals surface area contributed by atoms with Crippen LogP contribution in [0.15, 0.2) is 12.1 Å². The highest BCUT2D eigenvalue weighted by atomic mass is 19.1. The van der Waals surface area contributed by atoms with Gasteiger partial charge in [0.25, 0.3) is 0 Å². The molecule has 1 unspecified atom stereocenters. The number of hydrogen-bond donors (Lipinski definition) is 1. The van der Waals surface area contributed by atoms with Crippen LogP contribution in [0.3, 0.4) is 0 Å². The summed E-state index contributed by atoms with van der Waals surface area (Å²) < 4.78 is 33.5. The third-order valence-electron chi connectivity index (χ3n) is 3.41. The van der Waals surface area contributed by atoms with Crippen LogP contribution < -0.4 is 4.90 Å². The predicted octanol–water partition coefficient (Wildman–Crippen LogP) is 2.67. The number of benzene rings is 1. The van der Waals surface area contributed by atoms with Crippen molar-refractivity contribution in [1.82, 2.24) is 0 Å². The number of carboxylic acid groups (broad SMARTS) is 1. The normalized spacial score (nSPS) is 18.2. The monoisotopic (exact) mass is 285 g/mol. The lowest BCUT2D eigenvalue weighted by Crippen LogP contribution is -2.33. The van der Waals surface area contributed by atoms with E-state index in [1.165, 1.54) is 0 Å². The van der Waals surface area contributed by atoms with Crippen LogP contribution in [0.2, 0.25) is 0 Å². The molecule has 1 aliphatic rings.